The van der Waals surface area contributed by atoms with Crippen LogP contribution in [0.4, 0.5) is 51.8 Å². The summed E-state index contributed by atoms with van der Waals surface area (Å²) in [6.45, 7) is 10.1. The quantitative estimate of drug-likeness (QED) is 0.436. The van der Waals surface area contributed by atoms with Gasteiger partial charge in [0.2, 0.25) is 0 Å². The molecule has 146 valence electrons. The fraction of sp³-hybridized carbons (Fsp3) is 1.00. The van der Waals surface area contributed by atoms with Gasteiger partial charge in [-0.1, -0.05) is 0 Å². The molecule has 0 saturated carbocycles. The third-order valence-electron chi connectivity index (χ3n) is 1.64. The van der Waals surface area contributed by atoms with Gasteiger partial charge in [-0.15, -0.1) is 0 Å². The molecule has 24 heavy (non-hydrogen) atoms. The first-order chi connectivity index (χ1) is 9.98. The van der Waals surface area contributed by atoms with Crippen LogP contribution in [0.25, 0.3) is 0 Å². The van der Waals surface area contributed by atoms with Crippen molar-refractivity contribution >= 4 is 78.8 Å². The van der Waals surface area contributed by atoms with Crippen molar-refractivity contribution in [1.82, 2.24) is 0 Å². The molecule has 0 spiro atoms. The molecule has 0 aromatic heterocycles. The molecule has 0 N–H and O–H groups in total. The van der Waals surface area contributed by atoms with E-state index in [2.05, 4.69) is 26.6 Å². The van der Waals surface area contributed by atoms with Crippen LogP contribution in [0.15, 0.2) is 0 Å². The molecule has 1 unspecified atom stereocenters. The molecule has 0 aliphatic rings. The van der Waals surface area contributed by atoms with Crippen molar-refractivity contribution in [2.45, 2.75) is 26.4 Å². The summed E-state index contributed by atoms with van der Waals surface area (Å²) in [7, 11) is -18.9. The van der Waals surface area contributed by atoms with Crippen molar-refractivity contribution in [2.75, 3.05) is 6.61 Å². The Bertz CT molecular complexity index is 244. The SMILES string of the molecule is CCO[CH]([K])[Si](C)(C)C.F[B-](F)(F)F.F[B-](F)(F)F.F[B-](F)(F)F. The summed E-state index contributed by atoms with van der Waals surface area (Å²) < 4.78 is 123. The van der Waals surface area contributed by atoms with E-state index in [0.29, 0.717) is -0.178 Å². The minimum Gasteiger partial charge on any atom is -0.418 e. The van der Waals surface area contributed by atoms with E-state index in [1.54, 1.807) is 0 Å². The van der Waals surface area contributed by atoms with Crippen molar-refractivity contribution < 1.29 is 56.5 Å². The molecule has 18 heteroatoms. The van der Waals surface area contributed by atoms with Gasteiger partial charge < -0.3 is 51.8 Å². The van der Waals surface area contributed by atoms with Gasteiger partial charge in [0.25, 0.3) is 0 Å². The average Bonchev–Trinajstić information content (AvgIpc) is 2.07. The average molecular weight is 431 g/mol. The Morgan fingerprint density at radius 1 is 0.708 bits per heavy atom. The fourth-order valence-electron chi connectivity index (χ4n) is 0.500. The second kappa shape index (κ2) is 14.3. The number of hydrogen-bond acceptors (Lipinski definition) is 1. The predicted octanol–water partition coefficient (Wildman–Crippen LogP) is 5.29. The van der Waals surface area contributed by atoms with Crippen molar-refractivity contribution in [3.8, 4) is 0 Å². The molecule has 0 heterocycles. The first kappa shape index (κ1) is 32.8. The fourth-order valence-corrected chi connectivity index (χ4v) is 1.69. The normalized spacial score (nSPS) is 13.4. The zero-order chi connectivity index (χ0) is 21.0. The summed E-state index contributed by atoms with van der Waals surface area (Å²) in [5.41, 5.74) is 0. The zero-order valence-corrected chi connectivity index (χ0v) is 17.6. The van der Waals surface area contributed by atoms with E-state index in [4.69, 9.17) is 4.74 Å². The monoisotopic (exact) mass is 431 g/mol. The molecule has 0 saturated heterocycles. The molecule has 0 aliphatic heterocycles. The Balaban J connectivity index is -0.000000116. The maximum absolute atomic E-state index is 9.75. The van der Waals surface area contributed by atoms with Crippen LogP contribution in [-0.2, 0) is 4.74 Å². The molecule has 0 fully saturated rings. The first-order valence-corrected chi connectivity index (χ1v) is 11.6. The van der Waals surface area contributed by atoms with E-state index in [-0.39, 0.29) is 0 Å². The Morgan fingerprint density at radius 3 is 0.917 bits per heavy atom. The number of ether oxygens (including phenoxy) is 1. The minimum atomic E-state index is -6.00. The van der Waals surface area contributed by atoms with Crippen LogP contribution in [-0.4, -0.2) is 85.2 Å². The Labute approximate surface area is 167 Å². The van der Waals surface area contributed by atoms with Gasteiger partial charge >= 0.3 is 117 Å². The molecule has 1 atom stereocenters. The standard InChI is InChI=1S/C6H15OSi.3BF4.K/c1-5-7-6-8(2,3)4;3*2-1(3,4)5;/h6H,5H2,1-4H3;;;;/q;3*-1;. The molecule has 0 aliphatic carbocycles. The molecule has 0 aromatic rings. The van der Waals surface area contributed by atoms with Crippen molar-refractivity contribution in [1.29, 1.82) is 0 Å². The third-order valence-corrected chi connectivity index (χ3v) is 12.9. The van der Waals surface area contributed by atoms with Gasteiger partial charge in [0.05, 0.1) is 0 Å². The van der Waals surface area contributed by atoms with Crippen LogP contribution in [0, 0.1) is 0 Å². The molecule has 1 nitrogen and oxygen atoms in total. The Kier molecular flexibility index (Phi) is 19.5. The van der Waals surface area contributed by atoms with Crippen LogP contribution in [0.2, 0.25) is 19.6 Å². The van der Waals surface area contributed by atoms with Gasteiger partial charge in [-0.05, 0) is 0 Å². The Morgan fingerprint density at radius 2 is 0.875 bits per heavy atom. The van der Waals surface area contributed by atoms with Crippen LogP contribution >= 0.6 is 0 Å². The van der Waals surface area contributed by atoms with Crippen LogP contribution in [0.5, 0.6) is 0 Å². The van der Waals surface area contributed by atoms with Gasteiger partial charge in [0.15, 0.2) is 0 Å². The molecular weight excluding hydrogens is 416 g/mol. The summed E-state index contributed by atoms with van der Waals surface area (Å²) in [5, 5.41) is 0. The molecule has 0 bridgehead atoms. The van der Waals surface area contributed by atoms with Gasteiger partial charge in [-0.2, -0.15) is 0 Å². The van der Waals surface area contributed by atoms with Gasteiger partial charge in [-0.3, -0.25) is 0 Å². The maximum Gasteiger partial charge on any atom is 0.673 e. The number of halogens is 12. The van der Waals surface area contributed by atoms with Gasteiger partial charge in [0.1, 0.15) is 0 Å². The van der Waals surface area contributed by atoms with E-state index >= 15 is 0 Å². The zero-order valence-electron chi connectivity index (χ0n) is 13.5. The molecule has 0 amide bonds. The van der Waals surface area contributed by atoms with Crippen molar-refractivity contribution in [3.63, 3.8) is 0 Å². The topological polar surface area (TPSA) is 9.23 Å². The van der Waals surface area contributed by atoms with Crippen molar-refractivity contribution in [3.05, 3.63) is 0 Å². The van der Waals surface area contributed by atoms with Crippen LogP contribution < -0.4 is 0 Å². The van der Waals surface area contributed by atoms with Gasteiger partial charge in [-0.25, -0.2) is 0 Å². The summed E-state index contributed by atoms with van der Waals surface area (Å²) in [6, 6.07) is 0. The van der Waals surface area contributed by atoms with E-state index in [0.717, 1.165) is 55.6 Å². The molecular formula is C6H15B3F12KOSi-3. The molecule has 0 aromatic carbocycles. The molecule has 0 radical (unpaired) electrons. The van der Waals surface area contributed by atoms with Crippen molar-refractivity contribution in [2.24, 2.45) is 0 Å². The molecule has 0 rings (SSSR count). The largest absolute Gasteiger partial charge is 0.673 e. The van der Waals surface area contributed by atoms with E-state index in [9.17, 15) is 51.8 Å². The summed E-state index contributed by atoms with van der Waals surface area (Å²) in [4.78, 5) is 0. The summed E-state index contributed by atoms with van der Waals surface area (Å²) in [6.07, 6.45) is 0. The van der Waals surface area contributed by atoms with E-state index in [1.165, 1.54) is 0 Å². The van der Waals surface area contributed by atoms with E-state index < -0.39 is 29.8 Å². The summed E-state index contributed by atoms with van der Waals surface area (Å²) >= 11 is 0.855. The van der Waals surface area contributed by atoms with E-state index in [1.807, 2.05) is 0 Å². The van der Waals surface area contributed by atoms with Crippen LogP contribution in [0.1, 0.15) is 6.92 Å². The van der Waals surface area contributed by atoms with Gasteiger partial charge in [0, 0.05) is 0 Å². The predicted molar refractivity (Wildman–Crippen MR) is 75.1 cm³/mol. The summed E-state index contributed by atoms with van der Waals surface area (Å²) in [5.74, 6) is 0. The smallest absolute Gasteiger partial charge is 0.418 e. The third kappa shape index (κ3) is 110. The second-order valence-corrected chi connectivity index (χ2v) is 13.9. The number of hydrogen-bond donors (Lipinski definition) is 0. The minimum absolute atomic E-state index is 0.690. The first-order valence-electron chi connectivity index (χ1n) is 6.22. The van der Waals surface area contributed by atoms with Crippen LogP contribution in [0.3, 0.4) is 0 Å². The maximum atomic E-state index is 9.75. The Hall–Kier alpha value is 1.17. The number of rotatable bonds is 3. The second-order valence-electron chi connectivity index (χ2n) is 4.95.